The molecule has 3 aromatic rings. The number of nitrogens with two attached hydrogens (primary N) is 1. The summed E-state index contributed by atoms with van der Waals surface area (Å²) in [4.78, 5) is 30.7. The van der Waals surface area contributed by atoms with Crippen LogP contribution in [0.4, 0.5) is 0 Å². The van der Waals surface area contributed by atoms with Crippen LogP contribution < -0.4 is 5.73 Å². The molecule has 0 bridgehead atoms. The van der Waals surface area contributed by atoms with E-state index in [0.29, 0.717) is 22.6 Å². The standard InChI is InChI=1S/C19H18BrN5O2/c1-12-15(11-23-25(12)16-8-3-4-9-22-16)19(27)24(2)17(18(21)26)13-6-5-7-14(20)10-13/h3-11,17H,1-2H3,(H2,21,26)/t17-/m0/s1. The van der Waals surface area contributed by atoms with Crippen molar-refractivity contribution in [2.75, 3.05) is 7.05 Å². The quantitative estimate of drug-likeness (QED) is 0.676. The number of rotatable bonds is 5. The average Bonchev–Trinajstić information content (AvgIpc) is 3.03. The van der Waals surface area contributed by atoms with E-state index in [2.05, 4.69) is 26.0 Å². The van der Waals surface area contributed by atoms with Gasteiger partial charge in [0.25, 0.3) is 5.91 Å². The molecule has 1 aromatic carbocycles. The second kappa shape index (κ2) is 7.71. The molecule has 138 valence electrons. The molecule has 2 amide bonds. The van der Waals surface area contributed by atoms with Crippen molar-refractivity contribution in [3.8, 4) is 5.82 Å². The first-order valence-electron chi connectivity index (χ1n) is 8.18. The second-order valence-corrected chi connectivity index (χ2v) is 6.94. The van der Waals surface area contributed by atoms with Crippen LogP contribution in [0.2, 0.25) is 0 Å². The fourth-order valence-corrected chi connectivity index (χ4v) is 3.31. The zero-order valence-electron chi connectivity index (χ0n) is 14.8. The maximum atomic E-state index is 13.0. The molecule has 8 heteroatoms. The van der Waals surface area contributed by atoms with Crippen molar-refractivity contribution in [3.63, 3.8) is 0 Å². The molecule has 3 rings (SSSR count). The molecule has 0 saturated carbocycles. The Morgan fingerprint density at radius 2 is 2.00 bits per heavy atom. The molecule has 1 atom stereocenters. The van der Waals surface area contributed by atoms with Crippen LogP contribution in [0.1, 0.15) is 27.7 Å². The molecule has 7 nitrogen and oxygen atoms in total. The summed E-state index contributed by atoms with van der Waals surface area (Å²) in [5, 5.41) is 4.26. The summed E-state index contributed by atoms with van der Waals surface area (Å²) in [6, 6.07) is 11.7. The Balaban J connectivity index is 1.95. The molecular formula is C19H18BrN5O2. The normalized spacial score (nSPS) is 11.8. The first-order chi connectivity index (χ1) is 12.9. The lowest BCUT2D eigenvalue weighted by atomic mass is 10.0. The van der Waals surface area contributed by atoms with E-state index in [4.69, 9.17) is 5.73 Å². The zero-order valence-corrected chi connectivity index (χ0v) is 16.4. The van der Waals surface area contributed by atoms with Gasteiger partial charge in [0.15, 0.2) is 5.82 Å². The van der Waals surface area contributed by atoms with Crippen molar-refractivity contribution < 1.29 is 9.59 Å². The predicted octanol–water partition coefficient (Wildman–Crippen LogP) is 2.64. The number of aromatic nitrogens is 3. The van der Waals surface area contributed by atoms with Gasteiger partial charge in [-0.25, -0.2) is 9.67 Å². The molecule has 0 aliphatic heterocycles. The van der Waals surface area contributed by atoms with Crippen LogP contribution in [0.5, 0.6) is 0 Å². The summed E-state index contributed by atoms with van der Waals surface area (Å²) in [5.41, 5.74) is 7.23. The van der Waals surface area contributed by atoms with Crippen molar-refractivity contribution in [2.45, 2.75) is 13.0 Å². The highest BCUT2D eigenvalue weighted by Crippen LogP contribution is 2.25. The summed E-state index contributed by atoms with van der Waals surface area (Å²) < 4.78 is 2.38. The number of hydrogen-bond acceptors (Lipinski definition) is 4. The maximum Gasteiger partial charge on any atom is 0.258 e. The number of benzene rings is 1. The predicted molar refractivity (Wildman–Crippen MR) is 104 cm³/mol. The first-order valence-corrected chi connectivity index (χ1v) is 8.97. The van der Waals surface area contributed by atoms with Crippen LogP contribution >= 0.6 is 15.9 Å². The highest BCUT2D eigenvalue weighted by Gasteiger charge is 2.29. The van der Waals surface area contributed by atoms with E-state index in [0.717, 1.165) is 4.47 Å². The summed E-state index contributed by atoms with van der Waals surface area (Å²) >= 11 is 3.38. The van der Waals surface area contributed by atoms with Crippen LogP contribution in [0, 0.1) is 6.92 Å². The van der Waals surface area contributed by atoms with Gasteiger partial charge in [0.2, 0.25) is 5.91 Å². The van der Waals surface area contributed by atoms with E-state index in [1.165, 1.54) is 11.1 Å². The van der Waals surface area contributed by atoms with E-state index in [9.17, 15) is 9.59 Å². The average molecular weight is 428 g/mol. The smallest absolute Gasteiger partial charge is 0.258 e. The largest absolute Gasteiger partial charge is 0.368 e. The lowest BCUT2D eigenvalue weighted by Gasteiger charge is -2.26. The number of carbonyl (C=O) groups excluding carboxylic acids is 2. The van der Waals surface area contributed by atoms with Crippen molar-refractivity contribution >= 4 is 27.7 Å². The second-order valence-electron chi connectivity index (χ2n) is 6.02. The fourth-order valence-electron chi connectivity index (χ4n) is 2.89. The fraction of sp³-hybridized carbons (Fsp3) is 0.158. The molecule has 2 N–H and O–H groups in total. The SMILES string of the molecule is Cc1c(C(=O)N(C)[C@H](C(N)=O)c2cccc(Br)c2)cnn1-c1ccccn1. The van der Waals surface area contributed by atoms with Crippen molar-refractivity contribution in [2.24, 2.45) is 5.73 Å². The van der Waals surface area contributed by atoms with Gasteiger partial charge in [0.1, 0.15) is 6.04 Å². The summed E-state index contributed by atoms with van der Waals surface area (Å²) in [6.07, 6.45) is 3.13. The van der Waals surface area contributed by atoms with Crippen LogP contribution in [0.25, 0.3) is 5.82 Å². The minimum absolute atomic E-state index is 0.349. The van der Waals surface area contributed by atoms with Crippen molar-refractivity contribution in [1.82, 2.24) is 19.7 Å². The van der Waals surface area contributed by atoms with Gasteiger partial charge in [0.05, 0.1) is 17.5 Å². The Morgan fingerprint density at radius 3 is 2.63 bits per heavy atom. The molecule has 0 fully saturated rings. The van der Waals surface area contributed by atoms with E-state index in [1.54, 1.807) is 55.2 Å². The third kappa shape index (κ3) is 3.75. The first kappa shape index (κ1) is 18.8. The lowest BCUT2D eigenvalue weighted by Crippen LogP contribution is -2.39. The number of hydrogen-bond donors (Lipinski definition) is 1. The van der Waals surface area contributed by atoms with E-state index < -0.39 is 11.9 Å². The molecule has 2 heterocycles. The van der Waals surface area contributed by atoms with Crippen LogP contribution in [-0.2, 0) is 4.79 Å². The molecule has 0 radical (unpaired) electrons. The molecule has 2 aromatic heterocycles. The van der Waals surface area contributed by atoms with Gasteiger partial charge in [-0.05, 0) is 36.8 Å². The molecular weight excluding hydrogens is 410 g/mol. The highest BCUT2D eigenvalue weighted by molar-refractivity contribution is 9.10. The lowest BCUT2D eigenvalue weighted by molar-refractivity contribution is -0.122. The number of likely N-dealkylation sites (N-methyl/N-ethyl adjacent to an activating group) is 1. The highest BCUT2D eigenvalue weighted by atomic mass is 79.9. The number of pyridine rings is 1. The van der Waals surface area contributed by atoms with Gasteiger partial charge in [-0.1, -0.05) is 34.1 Å². The van der Waals surface area contributed by atoms with Gasteiger partial charge in [-0.15, -0.1) is 0 Å². The number of halogens is 1. The molecule has 0 saturated heterocycles. The molecule has 0 aliphatic carbocycles. The number of carbonyl (C=O) groups is 2. The van der Waals surface area contributed by atoms with E-state index in [1.807, 2.05) is 12.1 Å². The Morgan fingerprint density at radius 1 is 1.22 bits per heavy atom. The van der Waals surface area contributed by atoms with Gasteiger partial charge in [-0.2, -0.15) is 5.10 Å². The zero-order chi connectivity index (χ0) is 19.6. The van der Waals surface area contributed by atoms with Crippen LogP contribution in [0.15, 0.2) is 59.3 Å². The molecule has 0 spiro atoms. The Kier molecular flexibility index (Phi) is 5.36. The third-order valence-corrected chi connectivity index (χ3v) is 4.74. The summed E-state index contributed by atoms with van der Waals surface area (Å²) in [5.74, 6) is -0.354. The molecule has 0 aliphatic rings. The van der Waals surface area contributed by atoms with Gasteiger partial charge >= 0.3 is 0 Å². The third-order valence-electron chi connectivity index (χ3n) is 4.25. The topological polar surface area (TPSA) is 94.1 Å². The molecule has 27 heavy (non-hydrogen) atoms. The number of nitrogens with zero attached hydrogens (tertiary/aromatic N) is 4. The van der Waals surface area contributed by atoms with Gasteiger partial charge in [-0.3, -0.25) is 9.59 Å². The van der Waals surface area contributed by atoms with Crippen LogP contribution in [0.3, 0.4) is 0 Å². The van der Waals surface area contributed by atoms with Crippen LogP contribution in [-0.4, -0.2) is 38.5 Å². The number of primary amides is 1. The Labute approximate surface area is 164 Å². The van der Waals surface area contributed by atoms with E-state index >= 15 is 0 Å². The number of amides is 2. The summed E-state index contributed by atoms with van der Waals surface area (Å²) in [7, 11) is 1.55. The van der Waals surface area contributed by atoms with Gasteiger partial charge in [0, 0.05) is 17.7 Å². The summed E-state index contributed by atoms with van der Waals surface area (Å²) in [6.45, 7) is 1.78. The van der Waals surface area contributed by atoms with E-state index in [-0.39, 0.29) is 5.91 Å². The molecule has 0 unspecified atom stereocenters. The van der Waals surface area contributed by atoms with Crippen molar-refractivity contribution in [1.29, 1.82) is 0 Å². The Bertz CT molecular complexity index is 987. The maximum absolute atomic E-state index is 13.0. The van der Waals surface area contributed by atoms with Gasteiger partial charge < -0.3 is 10.6 Å². The van der Waals surface area contributed by atoms with Crippen molar-refractivity contribution in [3.05, 3.63) is 76.2 Å². The Hall–Kier alpha value is -3.00. The minimum Gasteiger partial charge on any atom is -0.368 e. The minimum atomic E-state index is -0.896. The monoisotopic (exact) mass is 427 g/mol.